The largest absolute Gasteiger partial charge is 0.253 e. The van der Waals surface area contributed by atoms with E-state index in [9.17, 15) is 0 Å². The van der Waals surface area contributed by atoms with E-state index in [0.29, 0.717) is 0 Å². The minimum Gasteiger partial charge on any atom is -0.253 e. The van der Waals surface area contributed by atoms with Crippen LogP contribution in [-0.2, 0) is 6.42 Å². The van der Waals surface area contributed by atoms with Crippen molar-refractivity contribution in [3.8, 4) is 0 Å². The molecule has 0 aromatic heterocycles. The Labute approximate surface area is 340 Å². The first kappa shape index (κ1) is 64.7. The van der Waals surface area contributed by atoms with E-state index in [1.54, 1.807) is 12.2 Å². The van der Waals surface area contributed by atoms with Gasteiger partial charge in [0.15, 0.2) is 0 Å². The minimum atomic E-state index is 0.806. The van der Waals surface area contributed by atoms with Crippen molar-refractivity contribution in [2.75, 3.05) is 0 Å². The molecule has 1 heteroatoms. The molecule has 0 aliphatic carbocycles. The summed E-state index contributed by atoms with van der Waals surface area (Å²) in [5, 5.41) is 0. The lowest BCUT2D eigenvalue weighted by Crippen LogP contribution is -2.04. The Morgan fingerprint density at radius 2 is 1.11 bits per heavy atom. The fourth-order valence-electron chi connectivity index (χ4n) is 3.40. The molecule has 0 unspecified atom stereocenters. The molecular formula is C53H89N. The molecule has 0 spiro atoms. The summed E-state index contributed by atoms with van der Waals surface area (Å²) in [6.07, 6.45) is 22.9. The Kier molecular flexibility index (Phi) is 69.6. The highest BCUT2D eigenvalue weighted by Gasteiger charge is 2.05. The standard InChI is InChI=1S/C20H21N.C12H20.C8H12.C3H6.5C2H6/c1-4-19(18-13-9-6-10-14-18)21-20(16(2)3)15-17-11-7-5-8-12-17;1-6-7-8-11(4)9-12(5)10(2)3;1-3-5-7-8-6-4-2;1-3-2;5*1-2/h4-14H,2,15H2,1,3H3;6-8H,9H2,1-5H3;3,5-8H,1,4H2,2H3;3H,1H2,2H3;5*1-2H3/b19-4-,21-20?;7-6-,11-8+;7-5-,8-6+;;;;;;. The monoisotopic (exact) mass is 740 g/mol. The number of nitrogens with zero attached hydrogens (tertiary/aromatic N) is 1. The van der Waals surface area contributed by atoms with E-state index in [4.69, 9.17) is 4.99 Å². The summed E-state index contributed by atoms with van der Waals surface area (Å²) in [5.74, 6) is 0. The van der Waals surface area contributed by atoms with Crippen molar-refractivity contribution in [2.45, 2.75) is 151 Å². The quantitative estimate of drug-likeness (QED) is 0.124. The predicted molar refractivity (Wildman–Crippen MR) is 261 cm³/mol. The second kappa shape index (κ2) is 58.1. The van der Waals surface area contributed by atoms with E-state index in [0.717, 1.165) is 41.8 Å². The molecule has 0 saturated carbocycles. The minimum absolute atomic E-state index is 0.806. The first-order valence-corrected chi connectivity index (χ1v) is 20.5. The van der Waals surface area contributed by atoms with Crippen LogP contribution < -0.4 is 0 Å². The van der Waals surface area contributed by atoms with Crippen molar-refractivity contribution < 1.29 is 0 Å². The first-order valence-electron chi connectivity index (χ1n) is 20.5. The van der Waals surface area contributed by atoms with Crippen LogP contribution in [0, 0.1) is 0 Å². The predicted octanol–water partition coefficient (Wildman–Crippen LogP) is 18.6. The lowest BCUT2D eigenvalue weighted by atomic mass is 10.0. The number of allylic oxidation sites excluding steroid dienone is 14. The van der Waals surface area contributed by atoms with Crippen molar-refractivity contribution in [2.24, 2.45) is 4.99 Å². The Morgan fingerprint density at radius 3 is 1.48 bits per heavy atom. The third-order valence-corrected chi connectivity index (χ3v) is 6.01. The molecular weight excluding hydrogens is 651 g/mol. The van der Waals surface area contributed by atoms with Crippen molar-refractivity contribution in [3.05, 3.63) is 175 Å². The molecule has 0 amide bonds. The number of aliphatic imine (C=N–C) groups is 1. The van der Waals surface area contributed by atoms with Gasteiger partial charge >= 0.3 is 0 Å². The van der Waals surface area contributed by atoms with Gasteiger partial charge in [0.05, 0.1) is 5.70 Å². The second-order valence-electron chi connectivity index (χ2n) is 10.4. The molecule has 54 heavy (non-hydrogen) atoms. The smallest absolute Gasteiger partial charge is 0.0662 e. The zero-order valence-corrected chi connectivity index (χ0v) is 39.2. The van der Waals surface area contributed by atoms with Gasteiger partial charge in [0, 0.05) is 12.1 Å². The molecule has 0 aliphatic rings. The van der Waals surface area contributed by atoms with E-state index in [-0.39, 0.29) is 0 Å². The first-order chi connectivity index (χ1) is 26.1. The molecule has 0 heterocycles. The van der Waals surface area contributed by atoms with Gasteiger partial charge < -0.3 is 0 Å². The van der Waals surface area contributed by atoms with Gasteiger partial charge in [-0.05, 0) is 84.9 Å². The third kappa shape index (κ3) is 47.8. The van der Waals surface area contributed by atoms with Gasteiger partial charge in [0.2, 0.25) is 0 Å². The van der Waals surface area contributed by atoms with Crippen LogP contribution in [0.2, 0.25) is 0 Å². The van der Waals surface area contributed by atoms with Crippen LogP contribution in [-0.4, -0.2) is 5.71 Å². The van der Waals surface area contributed by atoms with Gasteiger partial charge in [-0.15, -0.1) is 6.58 Å². The van der Waals surface area contributed by atoms with Gasteiger partial charge in [-0.25, -0.2) is 0 Å². The molecule has 0 radical (unpaired) electrons. The van der Waals surface area contributed by atoms with Gasteiger partial charge in [-0.1, -0.05) is 227 Å². The molecule has 0 N–H and O–H groups in total. The van der Waals surface area contributed by atoms with E-state index < -0.39 is 0 Å². The molecule has 0 saturated heterocycles. The van der Waals surface area contributed by atoms with E-state index in [2.05, 4.69) is 115 Å². The van der Waals surface area contributed by atoms with E-state index >= 15 is 0 Å². The lowest BCUT2D eigenvalue weighted by molar-refractivity contribution is 1.06. The van der Waals surface area contributed by atoms with Crippen LogP contribution in [0.4, 0.5) is 0 Å². The van der Waals surface area contributed by atoms with Gasteiger partial charge in [0.1, 0.15) is 0 Å². The Morgan fingerprint density at radius 1 is 0.648 bits per heavy atom. The van der Waals surface area contributed by atoms with E-state index in [1.165, 1.54) is 22.3 Å². The highest BCUT2D eigenvalue weighted by atomic mass is 14.8. The van der Waals surface area contributed by atoms with Crippen molar-refractivity contribution in [3.63, 3.8) is 0 Å². The van der Waals surface area contributed by atoms with Crippen LogP contribution in [0.1, 0.15) is 156 Å². The van der Waals surface area contributed by atoms with Gasteiger partial charge in [0.25, 0.3) is 0 Å². The molecule has 306 valence electrons. The summed E-state index contributed by atoms with van der Waals surface area (Å²) in [4.78, 5) is 4.84. The van der Waals surface area contributed by atoms with Crippen molar-refractivity contribution in [1.82, 2.24) is 0 Å². The molecule has 0 bridgehead atoms. The fourth-order valence-corrected chi connectivity index (χ4v) is 3.40. The zero-order chi connectivity index (χ0) is 43.6. The van der Waals surface area contributed by atoms with Crippen molar-refractivity contribution >= 4 is 11.4 Å². The highest BCUT2D eigenvalue weighted by Crippen LogP contribution is 2.18. The number of rotatable bonds is 11. The second-order valence-corrected chi connectivity index (χ2v) is 10.4. The van der Waals surface area contributed by atoms with Gasteiger partial charge in [-0.3, -0.25) is 4.99 Å². The average Bonchev–Trinajstić information content (AvgIpc) is 3.22. The summed E-state index contributed by atoms with van der Waals surface area (Å²) in [7, 11) is 0. The highest BCUT2D eigenvalue weighted by molar-refractivity contribution is 6.03. The Balaban J connectivity index is -0.000000114. The summed E-state index contributed by atoms with van der Waals surface area (Å²) >= 11 is 0. The normalized spacial score (nSPS) is 9.94. The molecule has 0 aliphatic heterocycles. The number of hydrogen-bond acceptors (Lipinski definition) is 1. The van der Waals surface area contributed by atoms with E-state index in [1.807, 2.05) is 146 Å². The summed E-state index contributed by atoms with van der Waals surface area (Å²) in [5.41, 5.74) is 9.75. The molecule has 2 rings (SSSR count). The SMILES string of the molecule is C/C=C\C=C(/C)CC(C)=C(C)C.C=C(C)C(Cc1ccccc1)=N/C(=C\C)c1ccccc1.C=C/C=C\C=C\CC.C=CC.CC.CC.CC.CC.CC. The average molecular weight is 740 g/mol. The Hall–Kier alpha value is -4.23. The molecule has 2 aromatic rings. The topological polar surface area (TPSA) is 12.4 Å². The molecule has 0 fully saturated rings. The van der Waals surface area contributed by atoms with Crippen molar-refractivity contribution in [1.29, 1.82) is 0 Å². The van der Waals surface area contributed by atoms with Crippen LogP contribution >= 0.6 is 0 Å². The maximum atomic E-state index is 4.84. The Bertz CT molecular complexity index is 1270. The number of benzene rings is 2. The van der Waals surface area contributed by atoms with Crippen LogP contribution in [0.25, 0.3) is 5.70 Å². The fraction of sp³-hybridized carbons (Fsp3) is 0.415. The van der Waals surface area contributed by atoms with Crippen LogP contribution in [0.3, 0.4) is 0 Å². The maximum absolute atomic E-state index is 4.84. The lowest BCUT2D eigenvalue weighted by Gasteiger charge is -2.09. The zero-order valence-electron chi connectivity index (χ0n) is 39.2. The molecule has 1 nitrogen and oxygen atoms in total. The maximum Gasteiger partial charge on any atom is 0.0662 e. The summed E-state index contributed by atoms with van der Waals surface area (Å²) in [6, 6.07) is 20.6. The molecule has 2 aromatic carbocycles. The molecule has 0 atom stereocenters. The number of hydrogen-bond donors (Lipinski definition) is 0. The third-order valence-electron chi connectivity index (χ3n) is 6.01. The van der Waals surface area contributed by atoms with Crippen LogP contribution in [0.15, 0.2) is 168 Å². The van der Waals surface area contributed by atoms with Crippen LogP contribution in [0.5, 0.6) is 0 Å². The summed E-state index contributed by atoms with van der Waals surface area (Å²) in [6.45, 7) is 49.7. The van der Waals surface area contributed by atoms with Gasteiger partial charge in [-0.2, -0.15) is 0 Å². The summed E-state index contributed by atoms with van der Waals surface area (Å²) < 4.78 is 0.